The molecular formula is C17H13BrN4O4. The summed E-state index contributed by atoms with van der Waals surface area (Å²) in [7, 11) is 0. The molecule has 0 spiro atoms. The largest absolute Gasteiger partial charge is 0.484 e. The molecule has 132 valence electrons. The first-order valence-electron chi connectivity index (χ1n) is 7.46. The van der Waals surface area contributed by atoms with Crippen LogP contribution in [0.3, 0.4) is 0 Å². The van der Waals surface area contributed by atoms with Crippen molar-refractivity contribution in [1.29, 1.82) is 0 Å². The fourth-order valence-corrected chi connectivity index (χ4v) is 2.20. The highest BCUT2D eigenvalue weighted by molar-refractivity contribution is 9.10. The molecule has 0 unspecified atom stereocenters. The predicted molar refractivity (Wildman–Crippen MR) is 95.0 cm³/mol. The van der Waals surface area contributed by atoms with Crippen LogP contribution < -0.4 is 15.6 Å². The molecule has 0 radical (unpaired) electrons. The molecular weight excluding hydrogens is 404 g/mol. The summed E-state index contributed by atoms with van der Waals surface area (Å²) in [4.78, 5) is 27.7. The van der Waals surface area contributed by atoms with E-state index in [0.29, 0.717) is 17.1 Å². The Hall–Kier alpha value is -3.20. The third-order valence-corrected chi connectivity index (χ3v) is 3.72. The lowest BCUT2D eigenvalue weighted by Crippen LogP contribution is -2.43. The van der Waals surface area contributed by atoms with Crippen molar-refractivity contribution in [2.75, 3.05) is 6.61 Å². The minimum atomic E-state index is -0.610. The van der Waals surface area contributed by atoms with E-state index in [2.05, 4.69) is 36.9 Å². The summed E-state index contributed by atoms with van der Waals surface area (Å²) < 4.78 is 11.3. The Balaban J connectivity index is 1.48. The fourth-order valence-electron chi connectivity index (χ4n) is 1.93. The van der Waals surface area contributed by atoms with Crippen LogP contribution in [-0.2, 0) is 4.79 Å². The second-order valence-electron chi connectivity index (χ2n) is 5.06. The number of carbonyl (C=O) groups excluding carboxylic acids is 2. The third-order valence-electron chi connectivity index (χ3n) is 3.19. The van der Waals surface area contributed by atoms with Gasteiger partial charge in [-0.3, -0.25) is 25.4 Å². The van der Waals surface area contributed by atoms with Gasteiger partial charge in [-0.1, -0.05) is 21.1 Å². The highest BCUT2D eigenvalue weighted by atomic mass is 79.9. The van der Waals surface area contributed by atoms with E-state index in [9.17, 15) is 9.59 Å². The maximum Gasteiger partial charge on any atom is 0.291 e. The van der Waals surface area contributed by atoms with E-state index in [1.807, 2.05) is 0 Å². The molecule has 1 aromatic carbocycles. The van der Waals surface area contributed by atoms with Gasteiger partial charge in [0.05, 0.1) is 0 Å². The molecule has 0 saturated heterocycles. The first-order chi connectivity index (χ1) is 12.6. The quantitative estimate of drug-likeness (QED) is 0.618. The molecule has 3 aromatic rings. The van der Waals surface area contributed by atoms with Crippen molar-refractivity contribution in [2.45, 2.75) is 0 Å². The van der Waals surface area contributed by atoms with E-state index in [1.165, 1.54) is 6.07 Å². The van der Waals surface area contributed by atoms with Gasteiger partial charge < -0.3 is 9.26 Å². The summed E-state index contributed by atoms with van der Waals surface area (Å²) in [6.07, 6.45) is 3.21. The number of hydrogen-bond donors (Lipinski definition) is 2. The topological polar surface area (TPSA) is 106 Å². The molecule has 8 nitrogen and oxygen atoms in total. The zero-order valence-corrected chi connectivity index (χ0v) is 14.9. The first-order valence-corrected chi connectivity index (χ1v) is 8.26. The summed E-state index contributed by atoms with van der Waals surface area (Å²) in [5.41, 5.74) is 5.20. The van der Waals surface area contributed by atoms with Gasteiger partial charge in [0.2, 0.25) is 0 Å². The number of benzene rings is 1. The molecule has 0 aliphatic heterocycles. The number of nitrogens with zero attached hydrogens (tertiary/aromatic N) is 2. The van der Waals surface area contributed by atoms with Crippen LogP contribution in [0.5, 0.6) is 5.75 Å². The Bertz CT molecular complexity index is 897. The van der Waals surface area contributed by atoms with E-state index >= 15 is 0 Å². The van der Waals surface area contributed by atoms with E-state index in [0.717, 1.165) is 4.47 Å². The second kappa shape index (κ2) is 8.26. The molecule has 0 aliphatic carbocycles. The molecule has 26 heavy (non-hydrogen) atoms. The summed E-state index contributed by atoms with van der Waals surface area (Å²) >= 11 is 3.31. The highest BCUT2D eigenvalue weighted by Gasteiger charge is 2.14. The van der Waals surface area contributed by atoms with Crippen molar-refractivity contribution in [2.24, 2.45) is 0 Å². The summed E-state index contributed by atoms with van der Waals surface area (Å²) in [5.74, 6) is -0.196. The number of pyridine rings is 1. The lowest BCUT2D eigenvalue weighted by molar-refractivity contribution is -0.123. The normalized spacial score (nSPS) is 10.2. The third kappa shape index (κ3) is 4.67. The van der Waals surface area contributed by atoms with Crippen LogP contribution in [0.4, 0.5) is 0 Å². The molecule has 3 rings (SSSR count). The van der Waals surface area contributed by atoms with Gasteiger partial charge >= 0.3 is 0 Å². The zero-order valence-electron chi connectivity index (χ0n) is 13.3. The fraction of sp³-hybridized carbons (Fsp3) is 0.0588. The maximum absolute atomic E-state index is 12.0. The second-order valence-corrected chi connectivity index (χ2v) is 5.98. The van der Waals surface area contributed by atoms with Gasteiger partial charge in [-0.2, -0.15) is 0 Å². The van der Waals surface area contributed by atoms with Crippen LogP contribution in [-0.4, -0.2) is 28.6 Å². The Kier molecular flexibility index (Phi) is 5.59. The van der Waals surface area contributed by atoms with Crippen molar-refractivity contribution >= 4 is 27.7 Å². The number of carbonyl (C=O) groups is 2. The molecule has 2 amide bonds. The van der Waals surface area contributed by atoms with Crippen molar-refractivity contribution in [3.05, 3.63) is 65.0 Å². The zero-order chi connectivity index (χ0) is 18.4. The smallest absolute Gasteiger partial charge is 0.291 e. The molecule has 0 atom stereocenters. The average Bonchev–Trinajstić information content (AvgIpc) is 3.17. The minimum Gasteiger partial charge on any atom is -0.484 e. The van der Waals surface area contributed by atoms with Crippen molar-refractivity contribution in [1.82, 2.24) is 21.0 Å². The number of rotatable bonds is 5. The van der Waals surface area contributed by atoms with E-state index in [1.54, 1.807) is 48.8 Å². The van der Waals surface area contributed by atoms with Crippen LogP contribution in [0.15, 0.2) is 63.9 Å². The van der Waals surface area contributed by atoms with Gasteiger partial charge in [-0.05, 0) is 36.4 Å². The van der Waals surface area contributed by atoms with E-state index in [-0.39, 0.29) is 12.3 Å². The highest BCUT2D eigenvalue weighted by Crippen LogP contribution is 2.18. The lowest BCUT2D eigenvalue weighted by Gasteiger charge is -2.07. The molecule has 0 bridgehead atoms. The Morgan fingerprint density at radius 2 is 1.96 bits per heavy atom. The Morgan fingerprint density at radius 3 is 2.69 bits per heavy atom. The summed E-state index contributed by atoms with van der Waals surface area (Å²) in [6.45, 7) is -0.248. The van der Waals surface area contributed by atoms with Gasteiger partial charge in [0.15, 0.2) is 18.1 Å². The number of hydrazine groups is 1. The molecule has 0 aliphatic rings. The van der Waals surface area contributed by atoms with Gasteiger partial charge in [0.1, 0.15) is 5.75 Å². The van der Waals surface area contributed by atoms with Gasteiger partial charge in [-0.15, -0.1) is 0 Å². The first kappa shape index (κ1) is 17.6. The number of halogens is 1. The number of aromatic nitrogens is 2. The van der Waals surface area contributed by atoms with E-state index < -0.39 is 11.8 Å². The molecule has 0 fully saturated rings. The van der Waals surface area contributed by atoms with Crippen LogP contribution in [0.1, 0.15) is 10.5 Å². The van der Waals surface area contributed by atoms with Crippen LogP contribution in [0.2, 0.25) is 0 Å². The minimum absolute atomic E-state index is 0.0259. The number of hydrogen-bond acceptors (Lipinski definition) is 6. The lowest BCUT2D eigenvalue weighted by atomic mass is 10.2. The van der Waals surface area contributed by atoms with Crippen LogP contribution in [0, 0.1) is 0 Å². The SMILES string of the molecule is O=C(COc1ccc(Br)cc1)NNC(=O)c1cc(-c2cccnc2)on1. The van der Waals surface area contributed by atoms with Gasteiger partial charge in [0, 0.05) is 28.5 Å². The Morgan fingerprint density at radius 1 is 1.15 bits per heavy atom. The van der Waals surface area contributed by atoms with Crippen molar-refractivity contribution < 1.29 is 18.8 Å². The number of nitrogens with one attached hydrogen (secondary N) is 2. The van der Waals surface area contributed by atoms with Crippen LogP contribution >= 0.6 is 15.9 Å². The van der Waals surface area contributed by atoms with E-state index in [4.69, 9.17) is 9.26 Å². The van der Waals surface area contributed by atoms with Gasteiger partial charge in [-0.25, -0.2) is 0 Å². The molecule has 0 saturated carbocycles. The predicted octanol–water partition coefficient (Wildman–Crippen LogP) is 2.34. The number of amides is 2. The van der Waals surface area contributed by atoms with Crippen LogP contribution in [0.25, 0.3) is 11.3 Å². The van der Waals surface area contributed by atoms with Crippen molar-refractivity contribution in [3.8, 4) is 17.1 Å². The Labute approximate surface area is 156 Å². The summed E-state index contributed by atoms with van der Waals surface area (Å²) in [5, 5.41) is 3.67. The molecule has 9 heteroatoms. The standard InChI is InChI=1S/C17H13BrN4O4/c18-12-3-5-13(6-4-12)25-10-16(23)20-21-17(24)14-8-15(26-22-14)11-2-1-7-19-9-11/h1-9H,10H2,(H,20,23)(H,21,24). The summed E-state index contributed by atoms with van der Waals surface area (Å²) in [6, 6.07) is 12.0. The molecule has 2 N–H and O–H groups in total. The van der Waals surface area contributed by atoms with Gasteiger partial charge in [0.25, 0.3) is 11.8 Å². The monoisotopic (exact) mass is 416 g/mol. The number of ether oxygens (including phenoxy) is 1. The molecule has 2 aromatic heterocycles. The average molecular weight is 417 g/mol. The maximum atomic E-state index is 12.0. The van der Waals surface area contributed by atoms with Crippen molar-refractivity contribution in [3.63, 3.8) is 0 Å². The molecule has 2 heterocycles.